The molecule has 0 heterocycles. The van der Waals surface area contributed by atoms with Gasteiger partial charge in [0.2, 0.25) is 0 Å². The second-order valence-corrected chi connectivity index (χ2v) is 6.26. The second-order valence-electron chi connectivity index (χ2n) is 5.19. The van der Waals surface area contributed by atoms with Gasteiger partial charge in [0, 0.05) is 23.5 Å². The number of halogens is 2. The minimum atomic E-state index is -2.51. The molecular formula is C15H19F2NO3S. The van der Waals surface area contributed by atoms with Gasteiger partial charge >= 0.3 is 5.97 Å². The highest BCUT2D eigenvalue weighted by Gasteiger charge is 2.18. The summed E-state index contributed by atoms with van der Waals surface area (Å²) in [6, 6.07) is 5.91. The fraction of sp³-hybridized carbons (Fsp3) is 0.467. The topological polar surface area (TPSA) is 57.6 Å². The number of rotatable bonds is 8. The lowest BCUT2D eigenvalue weighted by atomic mass is 10.1. The maximum Gasteiger partial charge on any atom is 0.305 e. The minimum absolute atomic E-state index is 0.125. The molecule has 4 nitrogen and oxygen atoms in total. The zero-order chi connectivity index (χ0) is 16.7. The van der Waals surface area contributed by atoms with E-state index in [1.165, 1.54) is 29.2 Å². The summed E-state index contributed by atoms with van der Waals surface area (Å²) < 4.78 is 24.5. The van der Waals surface area contributed by atoms with Crippen molar-refractivity contribution in [2.24, 2.45) is 5.92 Å². The van der Waals surface area contributed by atoms with E-state index in [0.29, 0.717) is 28.8 Å². The molecule has 1 rings (SSSR count). The van der Waals surface area contributed by atoms with Gasteiger partial charge in [0.05, 0.1) is 6.42 Å². The van der Waals surface area contributed by atoms with E-state index in [2.05, 4.69) is 0 Å². The normalized spacial score (nSPS) is 11.0. The van der Waals surface area contributed by atoms with Crippen molar-refractivity contribution in [2.75, 3.05) is 13.1 Å². The first-order valence-corrected chi connectivity index (χ1v) is 7.73. The van der Waals surface area contributed by atoms with Crippen LogP contribution in [0.1, 0.15) is 30.6 Å². The molecular weight excluding hydrogens is 312 g/mol. The first kappa shape index (κ1) is 18.4. The molecule has 0 atom stereocenters. The maximum absolute atomic E-state index is 12.4. The fourth-order valence-corrected chi connectivity index (χ4v) is 2.41. The summed E-state index contributed by atoms with van der Waals surface area (Å²) in [6.07, 6.45) is -0.127. The Morgan fingerprint density at radius 2 is 1.82 bits per heavy atom. The first-order valence-electron chi connectivity index (χ1n) is 6.85. The van der Waals surface area contributed by atoms with E-state index in [1.807, 2.05) is 13.8 Å². The number of carbonyl (C=O) groups is 2. The summed E-state index contributed by atoms with van der Waals surface area (Å²) in [5.74, 6) is -3.56. The van der Waals surface area contributed by atoms with Crippen LogP contribution in [0.4, 0.5) is 8.78 Å². The predicted molar refractivity (Wildman–Crippen MR) is 81.3 cm³/mol. The first-order chi connectivity index (χ1) is 10.3. The van der Waals surface area contributed by atoms with Crippen molar-refractivity contribution >= 4 is 23.6 Å². The Kier molecular flexibility index (Phi) is 7.31. The molecule has 0 radical (unpaired) electrons. The number of amides is 1. The number of nitrogens with zero attached hydrogens (tertiary/aromatic N) is 1. The Hall–Kier alpha value is -1.63. The summed E-state index contributed by atoms with van der Waals surface area (Å²) in [6.45, 7) is 4.44. The van der Waals surface area contributed by atoms with Crippen LogP contribution in [0.2, 0.25) is 0 Å². The molecule has 0 aliphatic rings. The number of alkyl halides is 2. The molecule has 0 aromatic heterocycles. The van der Waals surface area contributed by atoms with Gasteiger partial charge in [0.15, 0.2) is 0 Å². The van der Waals surface area contributed by atoms with E-state index in [4.69, 9.17) is 5.11 Å². The molecule has 22 heavy (non-hydrogen) atoms. The molecule has 0 bridgehead atoms. The van der Waals surface area contributed by atoms with Crippen LogP contribution in [-0.4, -0.2) is 40.7 Å². The van der Waals surface area contributed by atoms with Crippen molar-refractivity contribution in [3.8, 4) is 0 Å². The highest BCUT2D eigenvalue weighted by Crippen LogP contribution is 2.25. The van der Waals surface area contributed by atoms with Gasteiger partial charge in [-0.1, -0.05) is 25.6 Å². The molecule has 1 amide bonds. The smallest absolute Gasteiger partial charge is 0.305 e. The summed E-state index contributed by atoms with van der Waals surface area (Å²) in [4.78, 5) is 25.0. The summed E-state index contributed by atoms with van der Waals surface area (Å²) >= 11 is 0.416. The van der Waals surface area contributed by atoms with Crippen LogP contribution >= 0.6 is 11.8 Å². The van der Waals surface area contributed by atoms with E-state index in [-0.39, 0.29) is 24.8 Å². The number of benzene rings is 1. The van der Waals surface area contributed by atoms with Crippen molar-refractivity contribution in [1.29, 1.82) is 0 Å². The number of hydrogen-bond donors (Lipinski definition) is 1. The minimum Gasteiger partial charge on any atom is -0.481 e. The predicted octanol–water partition coefficient (Wildman–Crippen LogP) is 3.57. The monoisotopic (exact) mass is 331 g/mol. The quantitative estimate of drug-likeness (QED) is 0.740. The van der Waals surface area contributed by atoms with Crippen LogP contribution < -0.4 is 0 Å². The molecule has 1 N–H and O–H groups in total. The van der Waals surface area contributed by atoms with Crippen molar-refractivity contribution < 1.29 is 23.5 Å². The number of hydrogen-bond acceptors (Lipinski definition) is 3. The molecule has 0 aliphatic heterocycles. The Balaban J connectivity index is 2.81. The standard InChI is InChI=1S/C15H19F2NO3S/c1-10(2)9-18(8-7-13(19)20)14(21)11-3-5-12(6-4-11)22-15(16)17/h3-6,10,15H,7-9H2,1-2H3,(H,19,20). The van der Waals surface area contributed by atoms with E-state index >= 15 is 0 Å². The largest absolute Gasteiger partial charge is 0.481 e. The van der Waals surface area contributed by atoms with Crippen molar-refractivity contribution in [3.05, 3.63) is 29.8 Å². The second kappa shape index (κ2) is 8.73. The number of carbonyl (C=O) groups excluding carboxylic acids is 1. The van der Waals surface area contributed by atoms with Gasteiger partial charge < -0.3 is 10.0 Å². The third-order valence-electron chi connectivity index (χ3n) is 2.79. The van der Waals surface area contributed by atoms with Crippen molar-refractivity contribution in [3.63, 3.8) is 0 Å². The molecule has 7 heteroatoms. The Bertz CT molecular complexity index is 506. The lowest BCUT2D eigenvalue weighted by Crippen LogP contribution is -2.35. The Morgan fingerprint density at radius 1 is 1.23 bits per heavy atom. The van der Waals surface area contributed by atoms with Crippen LogP contribution in [0.15, 0.2) is 29.2 Å². The molecule has 1 aromatic carbocycles. The van der Waals surface area contributed by atoms with Crippen LogP contribution in [0.25, 0.3) is 0 Å². The van der Waals surface area contributed by atoms with Crippen LogP contribution in [-0.2, 0) is 4.79 Å². The number of thioether (sulfide) groups is 1. The molecule has 0 spiro atoms. The average molecular weight is 331 g/mol. The fourth-order valence-electron chi connectivity index (χ4n) is 1.91. The van der Waals surface area contributed by atoms with Gasteiger partial charge in [0.1, 0.15) is 0 Å². The highest BCUT2D eigenvalue weighted by molar-refractivity contribution is 7.99. The van der Waals surface area contributed by atoms with Gasteiger partial charge in [-0.15, -0.1) is 0 Å². The molecule has 0 saturated carbocycles. The van der Waals surface area contributed by atoms with E-state index in [9.17, 15) is 18.4 Å². The van der Waals surface area contributed by atoms with Crippen LogP contribution in [0.3, 0.4) is 0 Å². The van der Waals surface area contributed by atoms with Gasteiger partial charge in [-0.2, -0.15) is 8.78 Å². The van der Waals surface area contributed by atoms with Gasteiger partial charge in [-0.05, 0) is 30.2 Å². The van der Waals surface area contributed by atoms with Crippen molar-refractivity contribution in [1.82, 2.24) is 4.90 Å². The van der Waals surface area contributed by atoms with Crippen molar-refractivity contribution in [2.45, 2.75) is 30.9 Å². The summed E-state index contributed by atoms with van der Waals surface area (Å²) in [5, 5.41) is 8.76. The van der Waals surface area contributed by atoms with Gasteiger partial charge in [-0.3, -0.25) is 9.59 Å². The molecule has 122 valence electrons. The molecule has 0 unspecified atom stereocenters. The summed E-state index contributed by atoms with van der Waals surface area (Å²) in [7, 11) is 0. The van der Waals surface area contributed by atoms with Gasteiger partial charge in [0.25, 0.3) is 11.7 Å². The molecule has 1 aromatic rings. The van der Waals surface area contributed by atoms with E-state index in [0.717, 1.165) is 0 Å². The third kappa shape index (κ3) is 6.43. The van der Waals surface area contributed by atoms with Crippen LogP contribution in [0, 0.1) is 5.92 Å². The lowest BCUT2D eigenvalue weighted by molar-refractivity contribution is -0.137. The number of aliphatic carboxylic acids is 1. The maximum atomic E-state index is 12.4. The SMILES string of the molecule is CC(C)CN(CCC(=O)O)C(=O)c1ccc(SC(F)F)cc1. The number of carboxylic acids is 1. The third-order valence-corrected chi connectivity index (χ3v) is 3.52. The van der Waals surface area contributed by atoms with E-state index in [1.54, 1.807) is 0 Å². The zero-order valence-corrected chi connectivity index (χ0v) is 13.3. The van der Waals surface area contributed by atoms with E-state index < -0.39 is 11.7 Å². The summed E-state index contributed by atoms with van der Waals surface area (Å²) in [5.41, 5.74) is 0.365. The highest BCUT2D eigenvalue weighted by atomic mass is 32.2. The molecule has 0 aliphatic carbocycles. The molecule has 0 fully saturated rings. The lowest BCUT2D eigenvalue weighted by Gasteiger charge is -2.24. The Morgan fingerprint density at radius 3 is 2.27 bits per heavy atom. The Labute approximate surface area is 132 Å². The number of carboxylic acid groups (broad SMARTS) is 1. The van der Waals surface area contributed by atoms with Gasteiger partial charge in [-0.25, -0.2) is 0 Å². The average Bonchev–Trinajstić information content (AvgIpc) is 2.42. The molecule has 0 saturated heterocycles. The zero-order valence-electron chi connectivity index (χ0n) is 12.5. The van der Waals surface area contributed by atoms with Crippen LogP contribution in [0.5, 0.6) is 0 Å².